The first-order chi connectivity index (χ1) is 17.5. The molecule has 0 radical (unpaired) electrons. The van der Waals surface area contributed by atoms with Crippen LogP contribution in [0.2, 0.25) is 0 Å². The first kappa shape index (κ1) is 27.2. The van der Waals surface area contributed by atoms with Gasteiger partial charge in [-0.15, -0.1) is 0 Å². The Morgan fingerprint density at radius 2 is 1.31 bits per heavy atom. The Morgan fingerprint density at radius 1 is 0.806 bits per heavy atom. The van der Waals surface area contributed by atoms with Crippen molar-refractivity contribution in [2.45, 2.75) is 44.6 Å². The van der Waals surface area contributed by atoms with E-state index in [2.05, 4.69) is 15.8 Å². The van der Waals surface area contributed by atoms with Crippen molar-refractivity contribution in [3.05, 3.63) is 65.2 Å². The van der Waals surface area contributed by atoms with Crippen LogP contribution in [0.25, 0.3) is 0 Å². The van der Waals surface area contributed by atoms with Gasteiger partial charge in [-0.1, -0.05) is 12.8 Å². The standard InChI is InChI=1S/C27H35N3O6/c1-35-18-4-2-3-5-19-36-24-14-16-30(17-15-24)23-12-10-21(11-13-23)26(32)29-28-25(31)20-6-8-22(9-7-20)27(33)34/h6-13,24H,2-5,14-19H2,1H3,(H,28,31)(H,29,32)(H,33,34). The lowest BCUT2D eigenvalue weighted by Gasteiger charge is -2.33. The van der Waals surface area contributed by atoms with Gasteiger partial charge in [0.25, 0.3) is 11.8 Å². The number of hydrogen-bond acceptors (Lipinski definition) is 6. The van der Waals surface area contributed by atoms with Crippen LogP contribution in [0.1, 0.15) is 69.6 Å². The van der Waals surface area contributed by atoms with Crippen molar-refractivity contribution in [1.82, 2.24) is 10.9 Å². The summed E-state index contributed by atoms with van der Waals surface area (Å²) in [4.78, 5) is 37.8. The number of methoxy groups -OCH3 is 1. The first-order valence-electron chi connectivity index (χ1n) is 12.4. The fraction of sp³-hybridized carbons (Fsp3) is 0.444. The molecule has 0 aromatic heterocycles. The van der Waals surface area contributed by atoms with Crippen LogP contribution < -0.4 is 15.8 Å². The third-order valence-electron chi connectivity index (χ3n) is 6.22. The molecule has 36 heavy (non-hydrogen) atoms. The Bertz CT molecular complexity index is 986. The minimum Gasteiger partial charge on any atom is -0.478 e. The summed E-state index contributed by atoms with van der Waals surface area (Å²) < 4.78 is 11.1. The Balaban J connectivity index is 1.37. The zero-order valence-corrected chi connectivity index (χ0v) is 20.7. The van der Waals surface area contributed by atoms with E-state index in [1.165, 1.54) is 37.1 Å². The maximum atomic E-state index is 12.4. The van der Waals surface area contributed by atoms with E-state index in [0.717, 1.165) is 57.7 Å². The fourth-order valence-corrected chi connectivity index (χ4v) is 4.08. The lowest BCUT2D eigenvalue weighted by molar-refractivity contribution is 0.0345. The molecule has 9 heteroatoms. The SMILES string of the molecule is COCCCCCCOC1CCN(c2ccc(C(=O)NNC(=O)c3ccc(C(=O)O)cc3)cc2)CC1. The second-order valence-corrected chi connectivity index (χ2v) is 8.80. The number of nitrogens with zero attached hydrogens (tertiary/aromatic N) is 1. The van der Waals surface area contributed by atoms with Crippen molar-refractivity contribution in [2.75, 3.05) is 38.3 Å². The molecule has 3 rings (SSSR count). The Kier molecular flexibility index (Phi) is 10.7. The van der Waals surface area contributed by atoms with E-state index in [1.807, 2.05) is 12.1 Å². The summed E-state index contributed by atoms with van der Waals surface area (Å²) >= 11 is 0. The quantitative estimate of drug-likeness (QED) is 0.303. The highest BCUT2D eigenvalue weighted by Crippen LogP contribution is 2.22. The van der Waals surface area contributed by atoms with E-state index in [-0.39, 0.29) is 11.1 Å². The Labute approximate surface area is 211 Å². The summed E-state index contributed by atoms with van der Waals surface area (Å²) in [6.07, 6.45) is 6.80. The van der Waals surface area contributed by atoms with Crippen LogP contribution in [0.3, 0.4) is 0 Å². The lowest BCUT2D eigenvalue weighted by atomic mass is 10.1. The van der Waals surface area contributed by atoms with Crippen LogP contribution in [0.5, 0.6) is 0 Å². The number of carboxylic acids is 1. The van der Waals surface area contributed by atoms with Crippen molar-refractivity contribution in [2.24, 2.45) is 0 Å². The molecule has 1 aliphatic heterocycles. The highest BCUT2D eigenvalue weighted by Gasteiger charge is 2.20. The molecule has 1 aliphatic rings. The molecule has 2 aromatic rings. The van der Waals surface area contributed by atoms with E-state index in [9.17, 15) is 14.4 Å². The van der Waals surface area contributed by atoms with E-state index in [4.69, 9.17) is 14.6 Å². The molecule has 0 unspecified atom stereocenters. The average Bonchev–Trinajstić information content (AvgIpc) is 2.91. The third-order valence-corrected chi connectivity index (χ3v) is 6.22. The topological polar surface area (TPSA) is 117 Å². The maximum absolute atomic E-state index is 12.4. The number of aromatic carboxylic acids is 1. The van der Waals surface area contributed by atoms with E-state index >= 15 is 0 Å². The van der Waals surface area contributed by atoms with Crippen LogP contribution in [0, 0.1) is 0 Å². The van der Waals surface area contributed by atoms with Gasteiger partial charge in [-0.05, 0) is 74.2 Å². The molecule has 3 N–H and O–H groups in total. The summed E-state index contributed by atoms with van der Waals surface area (Å²) in [5, 5.41) is 8.93. The number of ether oxygens (including phenoxy) is 2. The highest BCUT2D eigenvalue weighted by molar-refractivity contribution is 5.99. The van der Waals surface area contributed by atoms with Gasteiger partial charge < -0.3 is 19.5 Å². The summed E-state index contributed by atoms with van der Waals surface area (Å²) in [5.74, 6) is -2.05. The van der Waals surface area contributed by atoms with Gasteiger partial charge in [0.2, 0.25) is 0 Å². The van der Waals surface area contributed by atoms with Crippen molar-refractivity contribution in [3.63, 3.8) is 0 Å². The van der Waals surface area contributed by atoms with Gasteiger partial charge in [-0.3, -0.25) is 20.4 Å². The maximum Gasteiger partial charge on any atom is 0.335 e. The van der Waals surface area contributed by atoms with Crippen molar-refractivity contribution >= 4 is 23.5 Å². The molecule has 1 saturated heterocycles. The van der Waals surface area contributed by atoms with Gasteiger partial charge in [-0.25, -0.2) is 4.79 Å². The molecule has 2 aromatic carbocycles. The molecule has 0 bridgehead atoms. The molecule has 0 atom stereocenters. The number of piperidine rings is 1. The van der Waals surface area contributed by atoms with Crippen LogP contribution in [-0.2, 0) is 9.47 Å². The average molecular weight is 498 g/mol. The predicted octanol–water partition coefficient (Wildman–Crippen LogP) is 3.65. The number of hydrogen-bond donors (Lipinski definition) is 3. The first-order valence-corrected chi connectivity index (χ1v) is 12.4. The van der Waals surface area contributed by atoms with Crippen LogP contribution in [0.15, 0.2) is 48.5 Å². The Morgan fingerprint density at radius 3 is 1.83 bits per heavy atom. The van der Waals surface area contributed by atoms with Crippen LogP contribution >= 0.6 is 0 Å². The number of anilines is 1. The monoisotopic (exact) mass is 497 g/mol. The van der Waals surface area contributed by atoms with Gasteiger partial charge in [0, 0.05) is 50.2 Å². The van der Waals surface area contributed by atoms with Gasteiger partial charge >= 0.3 is 5.97 Å². The minimum atomic E-state index is -1.07. The summed E-state index contributed by atoms with van der Waals surface area (Å²) in [7, 11) is 1.73. The molecule has 194 valence electrons. The molecule has 1 heterocycles. The molecule has 0 aliphatic carbocycles. The number of nitrogens with one attached hydrogen (secondary N) is 2. The van der Waals surface area contributed by atoms with Crippen LogP contribution in [0.4, 0.5) is 5.69 Å². The molecule has 2 amide bonds. The van der Waals surface area contributed by atoms with Crippen molar-refractivity contribution in [3.8, 4) is 0 Å². The molecule has 1 fully saturated rings. The summed E-state index contributed by atoms with van der Waals surface area (Å²) in [6.45, 7) is 3.45. The number of unbranched alkanes of at least 4 members (excludes halogenated alkanes) is 3. The predicted molar refractivity (Wildman–Crippen MR) is 136 cm³/mol. The number of carbonyl (C=O) groups is 3. The number of benzene rings is 2. The number of hydrazine groups is 1. The summed E-state index contributed by atoms with van der Waals surface area (Å²) in [6, 6.07) is 12.7. The van der Waals surface area contributed by atoms with Gasteiger partial charge in [-0.2, -0.15) is 0 Å². The number of carboxylic acid groups (broad SMARTS) is 1. The van der Waals surface area contributed by atoms with Crippen LogP contribution in [-0.4, -0.2) is 62.4 Å². The van der Waals surface area contributed by atoms with E-state index in [1.54, 1.807) is 19.2 Å². The molecule has 0 saturated carbocycles. The number of rotatable bonds is 12. The number of carbonyl (C=O) groups excluding carboxylic acids is 2. The second-order valence-electron chi connectivity index (χ2n) is 8.80. The third kappa shape index (κ3) is 8.35. The fourth-order valence-electron chi connectivity index (χ4n) is 4.08. The van der Waals surface area contributed by atoms with Gasteiger partial charge in [0.15, 0.2) is 0 Å². The van der Waals surface area contributed by atoms with Crippen molar-refractivity contribution < 1.29 is 29.0 Å². The zero-order valence-electron chi connectivity index (χ0n) is 20.7. The Hall–Kier alpha value is -3.43. The molecular weight excluding hydrogens is 462 g/mol. The second kappa shape index (κ2) is 14.2. The molecule has 0 spiro atoms. The van der Waals surface area contributed by atoms with E-state index in [0.29, 0.717) is 11.7 Å². The smallest absolute Gasteiger partial charge is 0.335 e. The van der Waals surface area contributed by atoms with Gasteiger partial charge in [0.05, 0.1) is 11.7 Å². The number of amides is 2. The zero-order chi connectivity index (χ0) is 25.8. The minimum absolute atomic E-state index is 0.0804. The normalized spacial score (nSPS) is 13.9. The van der Waals surface area contributed by atoms with Gasteiger partial charge in [0.1, 0.15) is 0 Å². The largest absolute Gasteiger partial charge is 0.478 e. The highest BCUT2D eigenvalue weighted by atomic mass is 16.5. The van der Waals surface area contributed by atoms with Crippen molar-refractivity contribution in [1.29, 1.82) is 0 Å². The molecular formula is C27H35N3O6. The molecule has 9 nitrogen and oxygen atoms in total. The van der Waals surface area contributed by atoms with E-state index < -0.39 is 17.8 Å². The lowest BCUT2D eigenvalue weighted by Crippen LogP contribution is -2.41. The summed E-state index contributed by atoms with van der Waals surface area (Å²) in [5.41, 5.74) is 6.52.